The maximum atomic E-state index is 12.1. The minimum Gasteiger partial charge on any atom is -0.345 e. The summed E-state index contributed by atoms with van der Waals surface area (Å²) >= 11 is 1.73. The van der Waals surface area contributed by atoms with Gasteiger partial charge in [-0.1, -0.05) is 50.3 Å². The average molecular weight is 285 g/mol. The highest BCUT2D eigenvalue weighted by Gasteiger charge is 2.14. The van der Waals surface area contributed by atoms with E-state index in [1.165, 1.54) is 0 Å². The van der Waals surface area contributed by atoms with Crippen molar-refractivity contribution in [2.24, 2.45) is 0 Å². The summed E-state index contributed by atoms with van der Waals surface area (Å²) in [6, 6.07) is 14.0. The molecule has 20 heavy (non-hydrogen) atoms. The summed E-state index contributed by atoms with van der Waals surface area (Å²) in [7, 11) is 0. The van der Waals surface area contributed by atoms with Crippen LogP contribution in [0, 0.1) is 0 Å². The molecule has 1 amide bonds. The molecule has 0 saturated heterocycles. The molecule has 1 atom stereocenters. The minimum atomic E-state index is -0.00194. The van der Waals surface area contributed by atoms with E-state index < -0.39 is 0 Å². The summed E-state index contributed by atoms with van der Waals surface area (Å²) in [4.78, 5) is 12.1. The molecule has 1 unspecified atom stereocenters. The average Bonchev–Trinajstić information content (AvgIpc) is 3.01. The quantitative estimate of drug-likeness (QED) is 0.895. The van der Waals surface area contributed by atoms with Gasteiger partial charge in [0.2, 0.25) is 0 Å². The number of benzene rings is 2. The van der Waals surface area contributed by atoms with Crippen LogP contribution in [0.25, 0.3) is 10.8 Å². The highest BCUT2D eigenvalue weighted by molar-refractivity contribution is 8.02. The Bertz CT molecular complexity index is 621. The first-order chi connectivity index (χ1) is 9.83. The largest absolute Gasteiger partial charge is 0.345 e. The second-order valence-electron chi connectivity index (χ2n) is 4.30. The lowest BCUT2D eigenvalue weighted by Gasteiger charge is -2.10. The zero-order valence-corrected chi connectivity index (χ0v) is 12.6. The van der Waals surface area contributed by atoms with Gasteiger partial charge in [0.15, 0.2) is 0 Å². The van der Waals surface area contributed by atoms with Crippen molar-refractivity contribution < 1.29 is 4.79 Å². The minimum absolute atomic E-state index is 0.00194. The monoisotopic (exact) mass is 285 g/mol. The summed E-state index contributed by atoms with van der Waals surface area (Å²) in [5.41, 5.74) is 0.721. The van der Waals surface area contributed by atoms with Gasteiger partial charge < -0.3 is 5.32 Å². The first-order valence-electron chi connectivity index (χ1n) is 6.91. The molecular weight excluding hydrogens is 266 g/mol. The van der Waals surface area contributed by atoms with Crippen LogP contribution in [0.15, 0.2) is 53.9 Å². The molecule has 0 aromatic heterocycles. The molecule has 104 valence electrons. The molecule has 3 heteroatoms. The topological polar surface area (TPSA) is 29.1 Å². The van der Waals surface area contributed by atoms with Crippen LogP contribution in [0.4, 0.5) is 0 Å². The van der Waals surface area contributed by atoms with E-state index in [9.17, 15) is 4.79 Å². The van der Waals surface area contributed by atoms with E-state index in [0.29, 0.717) is 0 Å². The van der Waals surface area contributed by atoms with Crippen LogP contribution in [0.3, 0.4) is 0 Å². The van der Waals surface area contributed by atoms with Crippen LogP contribution in [-0.4, -0.2) is 17.7 Å². The van der Waals surface area contributed by atoms with Gasteiger partial charge in [0.1, 0.15) is 0 Å². The van der Waals surface area contributed by atoms with E-state index >= 15 is 0 Å². The Balaban J connectivity index is 0.000000704. The van der Waals surface area contributed by atoms with Gasteiger partial charge in [-0.15, -0.1) is 11.8 Å². The van der Waals surface area contributed by atoms with Crippen molar-refractivity contribution >= 4 is 28.4 Å². The Morgan fingerprint density at radius 2 is 1.90 bits per heavy atom. The summed E-state index contributed by atoms with van der Waals surface area (Å²) in [5.74, 6) is 0.928. The van der Waals surface area contributed by atoms with Crippen molar-refractivity contribution in [3.63, 3.8) is 0 Å². The van der Waals surface area contributed by atoms with E-state index in [4.69, 9.17) is 0 Å². The number of rotatable bonds is 2. The van der Waals surface area contributed by atoms with Crippen molar-refractivity contribution in [1.29, 1.82) is 0 Å². The van der Waals surface area contributed by atoms with Gasteiger partial charge in [0, 0.05) is 11.3 Å². The fraction of sp³-hybridized carbons (Fsp3) is 0.235. The van der Waals surface area contributed by atoms with E-state index in [2.05, 4.69) is 5.32 Å². The number of fused-ring (bicyclic) bond motifs is 1. The molecule has 1 N–H and O–H groups in total. The number of hydrogen-bond donors (Lipinski definition) is 1. The molecule has 1 heterocycles. The Labute approximate surface area is 124 Å². The standard InChI is InChI=1S/C15H13NOS.C2H6/c17-15(16-14-7-8-18-10-14)13-6-5-11-3-1-2-4-12(11)9-13;1-2/h1-9,14H,10H2,(H,16,17);1-2H3. The van der Waals surface area contributed by atoms with Gasteiger partial charge in [-0.25, -0.2) is 0 Å². The lowest BCUT2D eigenvalue weighted by Crippen LogP contribution is -2.33. The molecule has 1 aliphatic rings. The van der Waals surface area contributed by atoms with E-state index in [0.717, 1.165) is 22.1 Å². The van der Waals surface area contributed by atoms with Crippen LogP contribution in [0.1, 0.15) is 24.2 Å². The fourth-order valence-corrected chi connectivity index (χ4v) is 2.85. The van der Waals surface area contributed by atoms with E-state index in [1.807, 2.05) is 67.8 Å². The van der Waals surface area contributed by atoms with Gasteiger partial charge in [0.25, 0.3) is 5.91 Å². The number of hydrogen-bond acceptors (Lipinski definition) is 2. The predicted molar refractivity (Wildman–Crippen MR) is 88.1 cm³/mol. The second-order valence-corrected chi connectivity index (χ2v) is 5.24. The number of carbonyl (C=O) groups excluding carboxylic acids is 1. The van der Waals surface area contributed by atoms with Gasteiger partial charge in [-0.05, 0) is 28.3 Å². The smallest absolute Gasteiger partial charge is 0.251 e. The van der Waals surface area contributed by atoms with Crippen molar-refractivity contribution in [3.05, 3.63) is 59.5 Å². The SMILES string of the molecule is CC.O=C(NC1C=CSC1)c1ccc2ccccc2c1. The zero-order valence-electron chi connectivity index (χ0n) is 11.8. The van der Waals surface area contributed by atoms with Crippen LogP contribution in [-0.2, 0) is 0 Å². The first-order valence-corrected chi connectivity index (χ1v) is 7.96. The normalized spacial score (nSPS) is 16.6. The van der Waals surface area contributed by atoms with E-state index in [-0.39, 0.29) is 11.9 Å². The first kappa shape index (κ1) is 14.7. The third-order valence-electron chi connectivity index (χ3n) is 3.01. The van der Waals surface area contributed by atoms with Crippen molar-refractivity contribution in [3.8, 4) is 0 Å². The Hall–Kier alpha value is -1.74. The maximum absolute atomic E-state index is 12.1. The molecule has 2 aromatic rings. The van der Waals surface area contributed by atoms with Crippen molar-refractivity contribution in [2.75, 3.05) is 5.75 Å². The summed E-state index contributed by atoms with van der Waals surface area (Å²) < 4.78 is 0. The molecule has 2 nitrogen and oxygen atoms in total. The molecule has 0 bridgehead atoms. The van der Waals surface area contributed by atoms with Crippen LogP contribution in [0.5, 0.6) is 0 Å². The molecule has 1 aliphatic heterocycles. The fourth-order valence-electron chi connectivity index (χ4n) is 2.04. The predicted octanol–water partition coefficient (Wildman–Crippen LogP) is 4.22. The van der Waals surface area contributed by atoms with E-state index in [1.54, 1.807) is 11.8 Å². The molecule has 3 rings (SSSR count). The summed E-state index contributed by atoms with van der Waals surface area (Å²) in [6.07, 6.45) is 2.03. The molecule has 0 fully saturated rings. The molecular formula is C17H19NOS. The third kappa shape index (κ3) is 3.42. The summed E-state index contributed by atoms with van der Waals surface area (Å²) in [5, 5.41) is 7.30. The number of thioether (sulfide) groups is 1. The Morgan fingerprint density at radius 1 is 1.15 bits per heavy atom. The number of nitrogens with one attached hydrogen (secondary N) is 1. The molecule has 0 spiro atoms. The summed E-state index contributed by atoms with van der Waals surface area (Å²) in [6.45, 7) is 4.00. The van der Waals surface area contributed by atoms with Crippen molar-refractivity contribution in [1.82, 2.24) is 5.32 Å². The van der Waals surface area contributed by atoms with Crippen molar-refractivity contribution in [2.45, 2.75) is 19.9 Å². The van der Waals surface area contributed by atoms with Gasteiger partial charge in [-0.3, -0.25) is 4.79 Å². The number of amides is 1. The highest BCUT2D eigenvalue weighted by Crippen LogP contribution is 2.17. The lowest BCUT2D eigenvalue weighted by molar-refractivity contribution is 0.0948. The Morgan fingerprint density at radius 3 is 2.60 bits per heavy atom. The van der Waals surface area contributed by atoms with Crippen LogP contribution in [0.2, 0.25) is 0 Å². The molecule has 2 aromatic carbocycles. The lowest BCUT2D eigenvalue weighted by atomic mass is 10.1. The van der Waals surface area contributed by atoms with Crippen LogP contribution < -0.4 is 5.32 Å². The third-order valence-corrected chi connectivity index (χ3v) is 3.91. The van der Waals surface area contributed by atoms with Gasteiger partial charge in [-0.2, -0.15) is 0 Å². The molecule has 0 aliphatic carbocycles. The maximum Gasteiger partial charge on any atom is 0.251 e. The van der Waals surface area contributed by atoms with Gasteiger partial charge in [0.05, 0.1) is 6.04 Å². The van der Waals surface area contributed by atoms with Gasteiger partial charge >= 0.3 is 0 Å². The second kappa shape index (κ2) is 7.15. The van der Waals surface area contributed by atoms with Crippen LogP contribution >= 0.6 is 11.8 Å². The molecule has 0 radical (unpaired) electrons. The molecule has 0 saturated carbocycles. The number of carbonyl (C=O) groups is 1. The zero-order chi connectivity index (χ0) is 14.4. The Kier molecular flexibility index (Phi) is 5.24. The highest BCUT2D eigenvalue weighted by atomic mass is 32.2.